The minimum Gasteiger partial charge on any atom is -0.479 e. The van der Waals surface area contributed by atoms with Crippen molar-refractivity contribution in [3.8, 4) is 0 Å². The van der Waals surface area contributed by atoms with Crippen LogP contribution >= 0.6 is 0 Å². The van der Waals surface area contributed by atoms with Crippen LogP contribution in [0.3, 0.4) is 0 Å². The van der Waals surface area contributed by atoms with Gasteiger partial charge >= 0.3 is 5.97 Å². The van der Waals surface area contributed by atoms with Crippen LogP contribution in [0.1, 0.15) is 26.2 Å². The Labute approximate surface area is 106 Å². The molecule has 18 heavy (non-hydrogen) atoms. The van der Waals surface area contributed by atoms with Crippen LogP contribution in [0, 0.1) is 0 Å². The molecule has 2 aliphatic heterocycles. The molecule has 0 aromatic carbocycles. The predicted molar refractivity (Wildman–Crippen MR) is 62.1 cm³/mol. The van der Waals surface area contributed by atoms with Crippen molar-refractivity contribution in [3.05, 3.63) is 0 Å². The standard InChI is InChI=1S/C12H19NO5/c1-2-8-7-13(5-6-17-8)11(14)9-3-4-10(18-9)12(15)16/h8-10H,2-7H2,1H3,(H,15,16)/t8?,9-,10+/m0/s1. The van der Waals surface area contributed by atoms with E-state index in [1.165, 1.54) is 0 Å². The summed E-state index contributed by atoms with van der Waals surface area (Å²) in [5.74, 6) is -1.08. The fraction of sp³-hybridized carbons (Fsp3) is 0.833. The van der Waals surface area contributed by atoms with E-state index < -0.39 is 18.2 Å². The Morgan fingerprint density at radius 1 is 1.33 bits per heavy atom. The number of hydrogen-bond donors (Lipinski definition) is 1. The molecule has 2 rings (SSSR count). The highest BCUT2D eigenvalue weighted by Gasteiger charge is 2.37. The zero-order chi connectivity index (χ0) is 13.1. The van der Waals surface area contributed by atoms with Gasteiger partial charge in [0.05, 0.1) is 12.7 Å². The first-order chi connectivity index (χ1) is 8.61. The normalized spacial score (nSPS) is 32.5. The molecule has 0 aromatic rings. The van der Waals surface area contributed by atoms with Gasteiger partial charge in [-0.05, 0) is 19.3 Å². The highest BCUT2D eigenvalue weighted by molar-refractivity contribution is 5.82. The number of nitrogens with zero attached hydrogens (tertiary/aromatic N) is 1. The summed E-state index contributed by atoms with van der Waals surface area (Å²) in [6.07, 6.45) is 0.424. The Morgan fingerprint density at radius 3 is 2.67 bits per heavy atom. The van der Waals surface area contributed by atoms with E-state index in [0.29, 0.717) is 32.5 Å². The molecule has 102 valence electrons. The number of hydrogen-bond acceptors (Lipinski definition) is 4. The number of carboxylic acid groups (broad SMARTS) is 1. The lowest BCUT2D eigenvalue weighted by Gasteiger charge is -2.33. The minimum absolute atomic E-state index is 0.0828. The molecule has 2 aliphatic rings. The number of ether oxygens (including phenoxy) is 2. The summed E-state index contributed by atoms with van der Waals surface area (Å²) in [5.41, 5.74) is 0. The zero-order valence-corrected chi connectivity index (χ0v) is 10.5. The van der Waals surface area contributed by atoms with E-state index in [9.17, 15) is 9.59 Å². The topological polar surface area (TPSA) is 76.1 Å². The molecule has 1 N–H and O–H groups in total. The monoisotopic (exact) mass is 257 g/mol. The zero-order valence-electron chi connectivity index (χ0n) is 10.5. The van der Waals surface area contributed by atoms with Crippen molar-refractivity contribution in [3.63, 3.8) is 0 Å². The van der Waals surface area contributed by atoms with Gasteiger partial charge in [0.1, 0.15) is 6.10 Å². The number of carbonyl (C=O) groups is 2. The number of aliphatic carboxylic acids is 1. The second kappa shape index (κ2) is 5.67. The Hall–Kier alpha value is -1.14. The van der Waals surface area contributed by atoms with Crippen molar-refractivity contribution in [1.29, 1.82) is 0 Å². The molecular weight excluding hydrogens is 238 g/mol. The van der Waals surface area contributed by atoms with E-state index in [-0.39, 0.29) is 12.0 Å². The average Bonchev–Trinajstić information content (AvgIpc) is 2.87. The van der Waals surface area contributed by atoms with E-state index in [1.807, 2.05) is 6.92 Å². The van der Waals surface area contributed by atoms with Crippen LogP contribution in [0.4, 0.5) is 0 Å². The summed E-state index contributed by atoms with van der Waals surface area (Å²) in [7, 11) is 0. The van der Waals surface area contributed by atoms with Crippen molar-refractivity contribution < 1.29 is 24.2 Å². The minimum atomic E-state index is -0.987. The van der Waals surface area contributed by atoms with E-state index in [0.717, 1.165) is 6.42 Å². The fourth-order valence-electron chi connectivity index (χ4n) is 2.37. The third-order valence-corrected chi connectivity index (χ3v) is 3.48. The van der Waals surface area contributed by atoms with E-state index in [4.69, 9.17) is 14.6 Å². The van der Waals surface area contributed by atoms with Crippen molar-refractivity contribution in [2.75, 3.05) is 19.7 Å². The van der Waals surface area contributed by atoms with Gasteiger partial charge in [-0.25, -0.2) is 4.79 Å². The lowest BCUT2D eigenvalue weighted by molar-refractivity contribution is -0.158. The van der Waals surface area contributed by atoms with Crippen LogP contribution in [-0.4, -0.2) is 59.9 Å². The van der Waals surface area contributed by atoms with Gasteiger partial charge in [-0.1, -0.05) is 6.92 Å². The summed E-state index contributed by atoms with van der Waals surface area (Å²) in [6, 6.07) is 0. The van der Waals surface area contributed by atoms with Gasteiger partial charge in [0.2, 0.25) is 0 Å². The van der Waals surface area contributed by atoms with Gasteiger partial charge in [0, 0.05) is 13.1 Å². The average molecular weight is 257 g/mol. The van der Waals surface area contributed by atoms with Gasteiger partial charge in [0.15, 0.2) is 6.10 Å². The molecule has 0 radical (unpaired) electrons. The van der Waals surface area contributed by atoms with Gasteiger partial charge in [0.25, 0.3) is 5.91 Å². The maximum Gasteiger partial charge on any atom is 0.332 e. The van der Waals surface area contributed by atoms with E-state index in [1.54, 1.807) is 4.90 Å². The van der Waals surface area contributed by atoms with Crippen LogP contribution in [-0.2, 0) is 19.1 Å². The molecular formula is C12H19NO5. The molecule has 0 spiro atoms. The lowest BCUT2D eigenvalue weighted by atomic mass is 10.1. The fourth-order valence-corrected chi connectivity index (χ4v) is 2.37. The number of rotatable bonds is 3. The number of carboxylic acids is 1. The maximum atomic E-state index is 12.2. The summed E-state index contributed by atoms with van der Waals surface area (Å²) < 4.78 is 10.8. The molecule has 6 heteroatoms. The van der Waals surface area contributed by atoms with Crippen molar-refractivity contribution in [2.45, 2.75) is 44.5 Å². The third kappa shape index (κ3) is 2.81. The first-order valence-electron chi connectivity index (χ1n) is 6.40. The molecule has 1 amide bonds. The largest absolute Gasteiger partial charge is 0.479 e. The number of carbonyl (C=O) groups excluding carboxylic acids is 1. The predicted octanol–water partition coefficient (Wildman–Crippen LogP) is 0.256. The first-order valence-corrected chi connectivity index (χ1v) is 6.40. The summed E-state index contributed by atoms with van der Waals surface area (Å²) in [5, 5.41) is 8.83. The molecule has 6 nitrogen and oxygen atoms in total. The summed E-state index contributed by atoms with van der Waals surface area (Å²) >= 11 is 0. The Kier molecular flexibility index (Phi) is 4.19. The maximum absolute atomic E-state index is 12.2. The number of morpholine rings is 1. The van der Waals surface area contributed by atoms with Crippen LogP contribution < -0.4 is 0 Å². The van der Waals surface area contributed by atoms with Gasteiger partial charge in [-0.15, -0.1) is 0 Å². The molecule has 2 fully saturated rings. The molecule has 3 atom stereocenters. The quantitative estimate of drug-likeness (QED) is 0.784. The second-order valence-electron chi connectivity index (χ2n) is 4.71. The van der Waals surface area contributed by atoms with Crippen molar-refractivity contribution in [2.24, 2.45) is 0 Å². The summed E-state index contributed by atoms with van der Waals surface area (Å²) in [6.45, 7) is 3.70. The number of amides is 1. The van der Waals surface area contributed by atoms with Gasteiger partial charge in [-0.2, -0.15) is 0 Å². The van der Waals surface area contributed by atoms with E-state index in [2.05, 4.69) is 0 Å². The second-order valence-corrected chi connectivity index (χ2v) is 4.71. The Morgan fingerprint density at radius 2 is 2.06 bits per heavy atom. The Bertz CT molecular complexity index is 332. The van der Waals surface area contributed by atoms with Crippen LogP contribution in [0.15, 0.2) is 0 Å². The molecule has 2 heterocycles. The highest BCUT2D eigenvalue weighted by Crippen LogP contribution is 2.22. The van der Waals surface area contributed by atoms with E-state index >= 15 is 0 Å². The molecule has 0 aromatic heterocycles. The van der Waals surface area contributed by atoms with Crippen molar-refractivity contribution in [1.82, 2.24) is 4.90 Å². The van der Waals surface area contributed by atoms with Crippen LogP contribution in [0.5, 0.6) is 0 Å². The summed E-state index contributed by atoms with van der Waals surface area (Å²) in [4.78, 5) is 24.7. The van der Waals surface area contributed by atoms with Crippen molar-refractivity contribution >= 4 is 11.9 Å². The SMILES string of the molecule is CCC1CN(C(=O)[C@@H]2CC[C@H](C(=O)O)O2)CCO1. The van der Waals surface area contributed by atoms with Gasteiger partial charge < -0.3 is 19.5 Å². The molecule has 0 saturated carbocycles. The Balaban J connectivity index is 1.89. The molecule has 0 aliphatic carbocycles. The van der Waals surface area contributed by atoms with Gasteiger partial charge in [-0.3, -0.25) is 4.79 Å². The molecule has 0 bridgehead atoms. The smallest absolute Gasteiger partial charge is 0.332 e. The molecule has 2 saturated heterocycles. The highest BCUT2D eigenvalue weighted by atomic mass is 16.5. The lowest BCUT2D eigenvalue weighted by Crippen LogP contribution is -2.49. The van der Waals surface area contributed by atoms with Crippen LogP contribution in [0.25, 0.3) is 0 Å². The molecule has 1 unspecified atom stereocenters. The first kappa shape index (κ1) is 13.3. The third-order valence-electron chi connectivity index (χ3n) is 3.48. The van der Waals surface area contributed by atoms with Crippen LogP contribution in [0.2, 0.25) is 0 Å².